The Hall–Kier alpha value is -3.08. The lowest BCUT2D eigenvalue weighted by Crippen LogP contribution is -2.36. The summed E-state index contributed by atoms with van der Waals surface area (Å²) in [6, 6.07) is 12.4. The van der Waals surface area contributed by atoms with E-state index in [4.69, 9.17) is 9.47 Å². The van der Waals surface area contributed by atoms with Gasteiger partial charge in [-0.25, -0.2) is 0 Å². The number of hydrogen-bond donors (Lipinski definition) is 1. The molecular formula is C18H15NO4. The van der Waals surface area contributed by atoms with Crippen molar-refractivity contribution in [3.8, 4) is 11.5 Å². The molecule has 116 valence electrons. The molecule has 3 rings (SSSR count). The summed E-state index contributed by atoms with van der Waals surface area (Å²) in [5, 5.41) is 2.35. The second kappa shape index (κ2) is 5.96. The van der Waals surface area contributed by atoms with Gasteiger partial charge in [0.15, 0.2) is 11.5 Å². The van der Waals surface area contributed by atoms with Crippen molar-refractivity contribution in [1.82, 2.24) is 5.32 Å². The molecule has 23 heavy (non-hydrogen) atoms. The van der Waals surface area contributed by atoms with Gasteiger partial charge < -0.3 is 9.47 Å². The minimum atomic E-state index is -0.413. The maximum atomic E-state index is 12.2. The van der Waals surface area contributed by atoms with Gasteiger partial charge >= 0.3 is 0 Å². The number of methoxy groups -OCH3 is 2. The van der Waals surface area contributed by atoms with E-state index in [1.54, 1.807) is 56.7 Å². The molecule has 1 heterocycles. The van der Waals surface area contributed by atoms with Gasteiger partial charge in [0.05, 0.1) is 14.2 Å². The maximum absolute atomic E-state index is 12.2. The summed E-state index contributed by atoms with van der Waals surface area (Å²) in [6.45, 7) is 0. The maximum Gasteiger partial charge on any atom is 0.258 e. The molecule has 0 saturated carbocycles. The number of ether oxygens (including phenoxy) is 2. The summed E-state index contributed by atoms with van der Waals surface area (Å²) >= 11 is 0. The first-order chi connectivity index (χ1) is 11.1. The third-order valence-electron chi connectivity index (χ3n) is 3.65. The molecule has 2 amide bonds. The Labute approximate surface area is 133 Å². The molecule has 0 aromatic heterocycles. The summed E-state index contributed by atoms with van der Waals surface area (Å²) in [6.07, 6.45) is 1.72. The monoisotopic (exact) mass is 309 g/mol. The van der Waals surface area contributed by atoms with E-state index in [0.29, 0.717) is 28.2 Å². The third kappa shape index (κ3) is 2.68. The second-order valence-corrected chi connectivity index (χ2v) is 5.00. The van der Waals surface area contributed by atoms with Crippen molar-refractivity contribution in [3.05, 3.63) is 59.2 Å². The summed E-state index contributed by atoms with van der Waals surface area (Å²) in [5.74, 6) is 0.388. The molecule has 0 fully saturated rings. The number of carbonyl (C=O) groups is 2. The summed E-state index contributed by atoms with van der Waals surface area (Å²) in [7, 11) is 3.11. The van der Waals surface area contributed by atoms with Crippen molar-refractivity contribution in [2.45, 2.75) is 0 Å². The molecule has 5 heteroatoms. The molecule has 1 aliphatic heterocycles. The van der Waals surface area contributed by atoms with Crippen LogP contribution in [0, 0.1) is 0 Å². The summed E-state index contributed by atoms with van der Waals surface area (Å²) in [4.78, 5) is 24.1. The number of rotatable bonds is 3. The predicted octanol–water partition coefficient (Wildman–Crippen LogP) is 2.51. The van der Waals surface area contributed by atoms with Gasteiger partial charge in [-0.3, -0.25) is 14.9 Å². The molecule has 0 atom stereocenters. The van der Waals surface area contributed by atoms with Crippen LogP contribution in [0.15, 0.2) is 42.5 Å². The molecule has 2 aromatic carbocycles. The van der Waals surface area contributed by atoms with Crippen LogP contribution in [0.3, 0.4) is 0 Å². The Bertz CT molecular complexity index is 824. The number of nitrogens with one attached hydrogen (secondary N) is 1. The van der Waals surface area contributed by atoms with E-state index in [1.165, 1.54) is 0 Å². The highest BCUT2D eigenvalue weighted by Crippen LogP contribution is 2.31. The third-order valence-corrected chi connectivity index (χ3v) is 3.65. The van der Waals surface area contributed by atoms with Gasteiger partial charge in [-0.15, -0.1) is 0 Å². The minimum Gasteiger partial charge on any atom is -0.493 e. The van der Waals surface area contributed by atoms with Gasteiger partial charge in [0.2, 0.25) is 0 Å². The van der Waals surface area contributed by atoms with Crippen LogP contribution >= 0.6 is 0 Å². The molecule has 1 aliphatic rings. The van der Waals surface area contributed by atoms with Gasteiger partial charge in [-0.2, -0.15) is 0 Å². The largest absolute Gasteiger partial charge is 0.493 e. The first kappa shape index (κ1) is 14.8. The van der Waals surface area contributed by atoms with Crippen LogP contribution in [-0.2, 0) is 4.79 Å². The lowest BCUT2D eigenvalue weighted by molar-refractivity contribution is -0.114. The number of carbonyl (C=O) groups excluding carboxylic acids is 2. The molecule has 2 aromatic rings. The molecule has 5 nitrogen and oxygen atoms in total. The van der Waals surface area contributed by atoms with E-state index >= 15 is 0 Å². The lowest BCUT2D eigenvalue weighted by Gasteiger charge is -2.18. The molecule has 1 N–H and O–H groups in total. The zero-order valence-corrected chi connectivity index (χ0v) is 12.8. The van der Waals surface area contributed by atoms with Gasteiger partial charge in [0, 0.05) is 11.1 Å². The molecule has 0 unspecified atom stereocenters. The van der Waals surface area contributed by atoms with E-state index in [1.807, 2.05) is 6.07 Å². The van der Waals surface area contributed by atoms with E-state index in [2.05, 4.69) is 5.32 Å². The fraction of sp³-hybridized carbons (Fsp3) is 0.111. The van der Waals surface area contributed by atoms with Gasteiger partial charge in [-0.1, -0.05) is 24.3 Å². The van der Waals surface area contributed by atoms with Crippen LogP contribution in [0.5, 0.6) is 11.5 Å². The number of imide groups is 1. The van der Waals surface area contributed by atoms with Crippen LogP contribution in [0.4, 0.5) is 0 Å². The molecular weight excluding hydrogens is 294 g/mol. The predicted molar refractivity (Wildman–Crippen MR) is 86.3 cm³/mol. The molecule has 0 spiro atoms. The number of benzene rings is 2. The number of hydrogen-bond acceptors (Lipinski definition) is 4. The summed E-state index contributed by atoms with van der Waals surface area (Å²) in [5.41, 5.74) is 2.32. The molecule has 0 saturated heterocycles. The fourth-order valence-corrected chi connectivity index (χ4v) is 2.53. The van der Waals surface area contributed by atoms with Crippen LogP contribution in [-0.4, -0.2) is 26.0 Å². The average Bonchev–Trinajstić information content (AvgIpc) is 2.58. The van der Waals surface area contributed by atoms with Gasteiger partial charge in [0.25, 0.3) is 11.8 Å². The van der Waals surface area contributed by atoms with Gasteiger partial charge in [-0.05, 0) is 35.4 Å². The second-order valence-electron chi connectivity index (χ2n) is 5.00. The first-order valence-corrected chi connectivity index (χ1v) is 7.03. The minimum absolute atomic E-state index is 0.380. The van der Waals surface area contributed by atoms with Crippen molar-refractivity contribution in [1.29, 1.82) is 0 Å². The zero-order valence-electron chi connectivity index (χ0n) is 12.8. The topological polar surface area (TPSA) is 64.6 Å². The Morgan fingerprint density at radius 3 is 2.26 bits per heavy atom. The highest BCUT2D eigenvalue weighted by atomic mass is 16.5. The van der Waals surface area contributed by atoms with Crippen molar-refractivity contribution >= 4 is 23.5 Å². The number of amides is 2. The Morgan fingerprint density at radius 2 is 1.57 bits per heavy atom. The van der Waals surface area contributed by atoms with E-state index < -0.39 is 5.91 Å². The lowest BCUT2D eigenvalue weighted by atomic mass is 9.93. The quantitative estimate of drug-likeness (QED) is 0.699. The van der Waals surface area contributed by atoms with Crippen LogP contribution in [0.2, 0.25) is 0 Å². The van der Waals surface area contributed by atoms with Crippen molar-refractivity contribution in [3.63, 3.8) is 0 Å². The Morgan fingerprint density at radius 1 is 0.870 bits per heavy atom. The zero-order chi connectivity index (χ0) is 16.4. The van der Waals surface area contributed by atoms with E-state index in [0.717, 1.165) is 5.56 Å². The molecule has 0 radical (unpaired) electrons. The highest BCUT2D eigenvalue weighted by Gasteiger charge is 2.26. The average molecular weight is 309 g/mol. The normalized spacial score (nSPS) is 15.1. The van der Waals surface area contributed by atoms with Gasteiger partial charge in [0.1, 0.15) is 0 Å². The van der Waals surface area contributed by atoms with Crippen LogP contribution < -0.4 is 14.8 Å². The first-order valence-electron chi connectivity index (χ1n) is 7.03. The van der Waals surface area contributed by atoms with Crippen molar-refractivity contribution in [2.24, 2.45) is 0 Å². The van der Waals surface area contributed by atoms with E-state index in [9.17, 15) is 9.59 Å². The fourth-order valence-electron chi connectivity index (χ4n) is 2.53. The summed E-state index contributed by atoms with van der Waals surface area (Å²) < 4.78 is 10.5. The van der Waals surface area contributed by atoms with Crippen molar-refractivity contribution in [2.75, 3.05) is 14.2 Å². The SMILES string of the molecule is COc1ccc(/C=C2/C(=O)NC(=O)c3ccccc32)cc1OC. The molecule has 0 bridgehead atoms. The highest BCUT2D eigenvalue weighted by molar-refractivity contribution is 6.33. The number of fused-ring (bicyclic) bond motifs is 1. The van der Waals surface area contributed by atoms with Crippen molar-refractivity contribution < 1.29 is 19.1 Å². The van der Waals surface area contributed by atoms with Crippen LogP contribution in [0.25, 0.3) is 11.6 Å². The smallest absolute Gasteiger partial charge is 0.258 e. The Balaban J connectivity index is 2.10. The Kier molecular flexibility index (Phi) is 3.85. The molecule has 0 aliphatic carbocycles. The standard InChI is InChI=1S/C18H15NO4/c1-22-15-8-7-11(10-16(15)23-2)9-14-12-5-3-4-6-13(12)17(20)19-18(14)21/h3-10H,1-2H3,(H,19,20,21)/b14-9+. The van der Waals surface area contributed by atoms with Crippen LogP contribution in [0.1, 0.15) is 21.5 Å². The van der Waals surface area contributed by atoms with E-state index in [-0.39, 0.29) is 5.91 Å².